The summed E-state index contributed by atoms with van der Waals surface area (Å²) in [6, 6.07) is 4.01. The van der Waals surface area contributed by atoms with Crippen LogP contribution in [-0.2, 0) is 33.4 Å². The second-order valence-corrected chi connectivity index (χ2v) is 9.61. The molecule has 37 heavy (non-hydrogen) atoms. The van der Waals surface area contributed by atoms with Gasteiger partial charge in [-0.25, -0.2) is 9.59 Å². The molecule has 0 saturated carbocycles. The summed E-state index contributed by atoms with van der Waals surface area (Å²) in [4.78, 5) is 60.3. The number of hydrogen-bond donors (Lipinski definition) is 4. The quantitative estimate of drug-likeness (QED) is 0.254. The number of carbonyl (C=O) groups is 5. The van der Waals surface area contributed by atoms with E-state index < -0.39 is 84.9 Å². The average Bonchev–Trinajstić information content (AvgIpc) is 2.74. The first-order valence-corrected chi connectivity index (χ1v) is 11.3. The molecule has 204 valence electrons. The number of methoxy groups -OCH3 is 1. The lowest BCUT2D eigenvalue weighted by Crippen LogP contribution is -2.54. The van der Waals surface area contributed by atoms with E-state index in [1.807, 2.05) is 0 Å². The van der Waals surface area contributed by atoms with Gasteiger partial charge in [-0.15, -0.1) is 0 Å². The number of ether oxygens (including phenoxy) is 4. The Morgan fingerprint density at radius 1 is 0.919 bits per heavy atom. The fraction of sp³-hybridized carbons (Fsp3) is 0.542. The number of nitrogens with two attached hydrogens (primary N) is 1. The van der Waals surface area contributed by atoms with E-state index in [1.165, 1.54) is 18.2 Å². The molecule has 1 saturated heterocycles. The van der Waals surface area contributed by atoms with Gasteiger partial charge in [-0.2, -0.15) is 0 Å². The fourth-order valence-corrected chi connectivity index (χ4v) is 4.23. The highest BCUT2D eigenvalue weighted by Crippen LogP contribution is 2.43. The van der Waals surface area contributed by atoms with Crippen LogP contribution in [0.5, 0.6) is 5.75 Å². The minimum Gasteiger partial charge on any atom is -0.481 e. The van der Waals surface area contributed by atoms with Crippen molar-refractivity contribution in [3.05, 3.63) is 23.8 Å². The minimum atomic E-state index is -1.59. The molecule has 13 nitrogen and oxygen atoms in total. The first-order chi connectivity index (χ1) is 17.1. The normalized spacial score (nSPS) is 23.5. The second-order valence-electron chi connectivity index (χ2n) is 9.61. The maximum atomic E-state index is 12.8. The topological polar surface area (TPSA) is 209 Å². The molecule has 0 unspecified atom stereocenters. The van der Waals surface area contributed by atoms with Crippen molar-refractivity contribution >= 4 is 35.5 Å². The standard InChI is InChI=1S/C24H31NO12/c1-24(2,3)37-21(32)12-6-5-11(25)7-16(12)35-23-15(10-19(30)31)13(8-17(26)27)14(9-18(28)29)20(36-23)22(33)34-4/h5-7,13-15,20,23H,8-10,25H2,1-4H3,(H,26,27)(H,28,29)(H,30,31)/t13-,14-,15+,20-,23+/m0/s1. The number of benzene rings is 1. The predicted molar refractivity (Wildman–Crippen MR) is 125 cm³/mol. The molecule has 1 aliphatic rings. The summed E-state index contributed by atoms with van der Waals surface area (Å²) < 4.78 is 21.8. The van der Waals surface area contributed by atoms with Gasteiger partial charge in [-0.05, 0) is 38.8 Å². The molecule has 1 aliphatic heterocycles. The maximum Gasteiger partial charge on any atom is 0.342 e. The van der Waals surface area contributed by atoms with Gasteiger partial charge in [0.1, 0.15) is 16.9 Å². The first kappa shape index (κ1) is 29.4. The summed E-state index contributed by atoms with van der Waals surface area (Å²) in [6.45, 7) is 4.95. The molecule has 0 aliphatic carbocycles. The van der Waals surface area contributed by atoms with Crippen molar-refractivity contribution in [1.29, 1.82) is 0 Å². The highest BCUT2D eigenvalue weighted by atomic mass is 16.7. The third-order valence-corrected chi connectivity index (χ3v) is 5.65. The van der Waals surface area contributed by atoms with Crippen LogP contribution in [0.4, 0.5) is 5.69 Å². The Balaban J connectivity index is 2.60. The molecule has 0 amide bonds. The number of aliphatic carboxylic acids is 3. The van der Waals surface area contributed by atoms with Crippen LogP contribution in [0.1, 0.15) is 50.4 Å². The zero-order valence-corrected chi connectivity index (χ0v) is 20.8. The van der Waals surface area contributed by atoms with Crippen molar-refractivity contribution in [3.63, 3.8) is 0 Å². The van der Waals surface area contributed by atoms with Gasteiger partial charge in [-0.3, -0.25) is 14.4 Å². The van der Waals surface area contributed by atoms with E-state index in [-0.39, 0.29) is 17.0 Å². The number of carboxylic acids is 3. The van der Waals surface area contributed by atoms with Crippen LogP contribution < -0.4 is 10.5 Å². The van der Waals surface area contributed by atoms with E-state index >= 15 is 0 Å². The van der Waals surface area contributed by atoms with E-state index in [9.17, 15) is 39.3 Å². The zero-order valence-electron chi connectivity index (χ0n) is 20.8. The summed E-state index contributed by atoms with van der Waals surface area (Å²) in [5, 5.41) is 28.5. The number of carbonyl (C=O) groups excluding carboxylic acids is 2. The fourth-order valence-electron chi connectivity index (χ4n) is 4.23. The molecule has 0 spiro atoms. The Labute approximate surface area is 212 Å². The molecular formula is C24H31NO12. The molecule has 0 radical (unpaired) electrons. The van der Waals surface area contributed by atoms with Crippen molar-refractivity contribution in [2.24, 2.45) is 17.8 Å². The van der Waals surface area contributed by atoms with Crippen LogP contribution >= 0.6 is 0 Å². The smallest absolute Gasteiger partial charge is 0.342 e. The number of rotatable bonds is 10. The van der Waals surface area contributed by atoms with E-state index in [4.69, 9.17) is 24.7 Å². The first-order valence-electron chi connectivity index (χ1n) is 11.3. The maximum absolute atomic E-state index is 12.8. The molecule has 1 aromatic rings. The lowest BCUT2D eigenvalue weighted by atomic mass is 9.71. The lowest BCUT2D eigenvalue weighted by Gasteiger charge is -2.44. The van der Waals surface area contributed by atoms with Gasteiger partial charge in [0, 0.05) is 30.0 Å². The Morgan fingerprint density at radius 2 is 1.46 bits per heavy atom. The van der Waals surface area contributed by atoms with Crippen LogP contribution in [0.25, 0.3) is 0 Å². The molecular weight excluding hydrogens is 494 g/mol. The number of anilines is 1. The van der Waals surface area contributed by atoms with Crippen molar-refractivity contribution in [2.45, 2.75) is 58.0 Å². The molecule has 5 N–H and O–H groups in total. The summed E-state index contributed by atoms with van der Waals surface area (Å²) in [5.74, 6) is -9.64. The number of nitrogen functional groups attached to an aromatic ring is 1. The van der Waals surface area contributed by atoms with E-state index in [1.54, 1.807) is 20.8 Å². The number of hydrogen-bond acceptors (Lipinski definition) is 10. The van der Waals surface area contributed by atoms with Crippen molar-refractivity contribution in [2.75, 3.05) is 12.8 Å². The van der Waals surface area contributed by atoms with Gasteiger partial charge in [0.2, 0.25) is 6.29 Å². The van der Waals surface area contributed by atoms with Crippen LogP contribution in [0.2, 0.25) is 0 Å². The second kappa shape index (κ2) is 11.9. The van der Waals surface area contributed by atoms with Crippen molar-refractivity contribution in [1.82, 2.24) is 0 Å². The summed E-state index contributed by atoms with van der Waals surface area (Å²) in [6.07, 6.45) is -5.23. The van der Waals surface area contributed by atoms with Crippen molar-refractivity contribution in [3.8, 4) is 5.75 Å². The Bertz CT molecular complexity index is 1050. The highest BCUT2D eigenvalue weighted by molar-refractivity contribution is 5.93. The van der Waals surface area contributed by atoms with Crippen LogP contribution in [-0.4, -0.2) is 70.3 Å². The molecule has 5 atom stereocenters. The van der Waals surface area contributed by atoms with Gasteiger partial charge < -0.3 is 40.0 Å². The highest BCUT2D eigenvalue weighted by Gasteiger charge is 2.52. The Morgan fingerprint density at radius 3 is 1.97 bits per heavy atom. The van der Waals surface area contributed by atoms with Gasteiger partial charge in [0.15, 0.2) is 6.10 Å². The van der Waals surface area contributed by atoms with Crippen LogP contribution in [0.3, 0.4) is 0 Å². The molecule has 0 bridgehead atoms. The van der Waals surface area contributed by atoms with Gasteiger partial charge in [0.25, 0.3) is 0 Å². The number of esters is 2. The van der Waals surface area contributed by atoms with Gasteiger partial charge >= 0.3 is 29.8 Å². The number of carboxylic acid groups (broad SMARTS) is 3. The molecule has 1 aromatic carbocycles. The van der Waals surface area contributed by atoms with Gasteiger partial charge in [0.05, 0.1) is 20.0 Å². The van der Waals surface area contributed by atoms with Crippen LogP contribution in [0, 0.1) is 17.8 Å². The van der Waals surface area contributed by atoms with E-state index in [0.29, 0.717) is 0 Å². The van der Waals surface area contributed by atoms with E-state index in [2.05, 4.69) is 0 Å². The largest absolute Gasteiger partial charge is 0.481 e. The molecule has 2 rings (SSSR count). The lowest BCUT2D eigenvalue weighted by molar-refractivity contribution is -0.233. The van der Waals surface area contributed by atoms with Gasteiger partial charge in [-0.1, -0.05) is 0 Å². The monoisotopic (exact) mass is 525 g/mol. The molecule has 1 fully saturated rings. The van der Waals surface area contributed by atoms with Crippen molar-refractivity contribution < 1.29 is 58.2 Å². The zero-order chi connectivity index (χ0) is 28.1. The third-order valence-electron chi connectivity index (χ3n) is 5.65. The predicted octanol–water partition coefficient (Wildman–Crippen LogP) is 1.77. The molecule has 1 heterocycles. The molecule has 0 aromatic heterocycles. The SMILES string of the molecule is COC(=O)[C@H]1O[C@@H](Oc2cc(N)ccc2C(=O)OC(C)(C)C)[C@H](CC(=O)O)[C@@H](CC(=O)O)[C@@H]1CC(=O)O. The van der Waals surface area contributed by atoms with Crippen LogP contribution in [0.15, 0.2) is 18.2 Å². The summed E-state index contributed by atoms with van der Waals surface area (Å²) in [5.41, 5.74) is 5.08. The molecule has 13 heteroatoms. The minimum absolute atomic E-state index is 0.0844. The Hall–Kier alpha value is -3.87. The summed E-state index contributed by atoms with van der Waals surface area (Å²) in [7, 11) is 1.04. The average molecular weight is 526 g/mol. The third kappa shape index (κ3) is 8.07. The summed E-state index contributed by atoms with van der Waals surface area (Å²) >= 11 is 0. The van der Waals surface area contributed by atoms with E-state index in [0.717, 1.165) is 7.11 Å². The Kier molecular flexibility index (Phi) is 9.45.